The van der Waals surface area contributed by atoms with Crippen molar-refractivity contribution in [3.8, 4) is 0 Å². The average Bonchev–Trinajstić information content (AvgIpc) is 2.62. The molecular weight excluding hydrogens is 302 g/mol. The first-order valence-electron chi connectivity index (χ1n) is 8.21. The van der Waals surface area contributed by atoms with Crippen molar-refractivity contribution in [3.63, 3.8) is 0 Å². The topological polar surface area (TPSA) is 20.3 Å². The summed E-state index contributed by atoms with van der Waals surface area (Å²) in [5.74, 6) is 2.54. The third-order valence-corrected chi connectivity index (χ3v) is 5.45. The molecule has 1 saturated heterocycles. The van der Waals surface area contributed by atoms with E-state index in [9.17, 15) is 4.79 Å². The molecule has 0 aromatic heterocycles. The first-order valence-corrected chi connectivity index (χ1v) is 9.37. The lowest BCUT2D eigenvalue weighted by Crippen LogP contribution is -2.38. The number of hydrogen-bond acceptors (Lipinski definition) is 2. The number of benzene rings is 2. The molecule has 0 unspecified atom stereocenters. The highest BCUT2D eigenvalue weighted by Crippen LogP contribution is 2.31. The van der Waals surface area contributed by atoms with Crippen molar-refractivity contribution in [1.29, 1.82) is 0 Å². The second-order valence-electron chi connectivity index (χ2n) is 6.02. The van der Waals surface area contributed by atoms with Gasteiger partial charge in [-0.3, -0.25) is 4.79 Å². The predicted octanol–water partition coefficient (Wildman–Crippen LogP) is 4.09. The Morgan fingerprint density at radius 2 is 1.70 bits per heavy atom. The molecule has 1 aliphatic rings. The van der Waals surface area contributed by atoms with Crippen molar-refractivity contribution in [3.05, 3.63) is 71.3 Å². The number of rotatable bonds is 4. The number of nitrogens with zero attached hydrogens (tertiary/aromatic N) is 1. The Hall–Kier alpha value is -1.74. The quantitative estimate of drug-likeness (QED) is 0.844. The molecule has 0 radical (unpaired) electrons. The van der Waals surface area contributed by atoms with Crippen LogP contribution in [0.25, 0.3) is 0 Å². The summed E-state index contributed by atoms with van der Waals surface area (Å²) in [7, 11) is 0. The Morgan fingerprint density at radius 1 is 1.04 bits per heavy atom. The summed E-state index contributed by atoms with van der Waals surface area (Å²) in [5, 5.41) is 0. The molecule has 120 valence electrons. The molecule has 0 spiro atoms. The number of carbonyl (C=O) groups is 1. The van der Waals surface area contributed by atoms with Gasteiger partial charge in [0.25, 0.3) is 0 Å². The van der Waals surface area contributed by atoms with E-state index in [0.29, 0.717) is 6.42 Å². The van der Waals surface area contributed by atoms with Crippen molar-refractivity contribution in [2.45, 2.75) is 19.3 Å². The minimum atomic E-state index is 0.138. The highest BCUT2D eigenvalue weighted by atomic mass is 32.2. The Labute approximate surface area is 142 Å². The fraction of sp³-hybridized carbons (Fsp3) is 0.350. The molecule has 3 rings (SSSR count). The van der Waals surface area contributed by atoms with Crippen LogP contribution >= 0.6 is 11.8 Å². The van der Waals surface area contributed by atoms with Crippen LogP contribution in [0.15, 0.2) is 54.6 Å². The number of amides is 1. The van der Waals surface area contributed by atoms with Crippen molar-refractivity contribution < 1.29 is 4.79 Å². The van der Waals surface area contributed by atoms with Crippen molar-refractivity contribution in [2.75, 3.05) is 24.6 Å². The largest absolute Gasteiger partial charge is 0.341 e. The van der Waals surface area contributed by atoms with E-state index in [2.05, 4.69) is 55.5 Å². The van der Waals surface area contributed by atoms with E-state index in [1.165, 1.54) is 16.7 Å². The Balaban J connectivity index is 1.87. The number of thioether (sulfide) groups is 1. The maximum Gasteiger partial charge on any atom is 0.223 e. The smallest absolute Gasteiger partial charge is 0.223 e. The van der Waals surface area contributed by atoms with E-state index in [-0.39, 0.29) is 11.8 Å². The van der Waals surface area contributed by atoms with Crippen LogP contribution < -0.4 is 0 Å². The van der Waals surface area contributed by atoms with Crippen molar-refractivity contribution in [1.82, 2.24) is 4.90 Å². The van der Waals surface area contributed by atoms with E-state index >= 15 is 0 Å². The van der Waals surface area contributed by atoms with Crippen LogP contribution in [-0.2, 0) is 4.79 Å². The number of aryl methyl sites for hydroxylation is 1. The highest BCUT2D eigenvalue weighted by Gasteiger charge is 2.24. The molecule has 2 nitrogen and oxygen atoms in total. The summed E-state index contributed by atoms with van der Waals surface area (Å²) in [5.41, 5.74) is 3.74. The molecular formula is C20H23NOS. The summed E-state index contributed by atoms with van der Waals surface area (Å²) < 4.78 is 0. The van der Waals surface area contributed by atoms with Gasteiger partial charge in [0.2, 0.25) is 5.91 Å². The lowest BCUT2D eigenvalue weighted by Gasteiger charge is -2.29. The average molecular weight is 325 g/mol. The Kier molecular flexibility index (Phi) is 5.39. The molecule has 1 heterocycles. The second-order valence-corrected chi connectivity index (χ2v) is 7.24. The minimum absolute atomic E-state index is 0.138. The van der Waals surface area contributed by atoms with Gasteiger partial charge in [-0.2, -0.15) is 11.8 Å². The van der Waals surface area contributed by atoms with E-state index in [0.717, 1.165) is 24.6 Å². The maximum atomic E-state index is 12.8. The van der Waals surface area contributed by atoms with Gasteiger partial charge >= 0.3 is 0 Å². The van der Waals surface area contributed by atoms with Crippen molar-refractivity contribution >= 4 is 17.7 Å². The van der Waals surface area contributed by atoms with Gasteiger partial charge in [-0.1, -0.05) is 54.6 Å². The second kappa shape index (κ2) is 7.69. The van der Waals surface area contributed by atoms with Crippen LogP contribution in [-0.4, -0.2) is 35.4 Å². The molecule has 0 saturated carbocycles. The molecule has 3 heteroatoms. The molecule has 0 bridgehead atoms. The number of hydrogen-bond donors (Lipinski definition) is 0. The zero-order valence-corrected chi connectivity index (χ0v) is 14.4. The van der Waals surface area contributed by atoms with Crippen molar-refractivity contribution in [2.24, 2.45) is 0 Å². The SMILES string of the molecule is Cc1ccccc1[C@H](CC(=O)N1CCSCC1)c1ccccc1. The minimum Gasteiger partial charge on any atom is -0.341 e. The molecule has 2 aromatic carbocycles. The van der Waals surface area contributed by atoms with Gasteiger partial charge in [-0.05, 0) is 23.6 Å². The van der Waals surface area contributed by atoms with Gasteiger partial charge in [-0.25, -0.2) is 0 Å². The Morgan fingerprint density at radius 3 is 2.39 bits per heavy atom. The van der Waals surface area contributed by atoms with Crippen LogP contribution in [0.3, 0.4) is 0 Å². The van der Waals surface area contributed by atoms with Crippen LogP contribution in [0.5, 0.6) is 0 Å². The van der Waals surface area contributed by atoms with Crippen LogP contribution in [0.2, 0.25) is 0 Å². The van der Waals surface area contributed by atoms with Gasteiger partial charge in [-0.15, -0.1) is 0 Å². The van der Waals surface area contributed by atoms with E-state index in [1.54, 1.807) is 0 Å². The first-order chi connectivity index (χ1) is 11.3. The molecule has 0 aliphatic carbocycles. The van der Waals surface area contributed by atoms with E-state index in [4.69, 9.17) is 0 Å². The molecule has 1 amide bonds. The van der Waals surface area contributed by atoms with E-state index in [1.807, 2.05) is 22.7 Å². The highest BCUT2D eigenvalue weighted by molar-refractivity contribution is 7.99. The molecule has 1 fully saturated rings. The van der Waals surface area contributed by atoms with Crippen LogP contribution in [0.4, 0.5) is 0 Å². The lowest BCUT2D eigenvalue weighted by molar-refractivity contribution is -0.131. The van der Waals surface area contributed by atoms with Gasteiger partial charge in [0, 0.05) is 36.9 Å². The summed E-state index contributed by atoms with van der Waals surface area (Å²) in [6.07, 6.45) is 0.555. The van der Waals surface area contributed by atoms with Gasteiger partial charge in [0.1, 0.15) is 0 Å². The molecule has 0 N–H and O–H groups in total. The Bertz CT molecular complexity index is 650. The third kappa shape index (κ3) is 3.97. The van der Waals surface area contributed by atoms with E-state index < -0.39 is 0 Å². The zero-order chi connectivity index (χ0) is 16.1. The summed E-state index contributed by atoms with van der Waals surface area (Å²) in [6, 6.07) is 18.8. The summed E-state index contributed by atoms with van der Waals surface area (Å²) >= 11 is 1.94. The summed E-state index contributed by atoms with van der Waals surface area (Å²) in [4.78, 5) is 14.8. The molecule has 23 heavy (non-hydrogen) atoms. The molecule has 1 aliphatic heterocycles. The summed E-state index contributed by atoms with van der Waals surface area (Å²) in [6.45, 7) is 3.91. The monoisotopic (exact) mass is 325 g/mol. The standard InChI is InChI=1S/C20H23NOS/c1-16-7-5-6-10-18(16)19(17-8-3-2-4-9-17)15-20(22)21-11-13-23-14-12-21/h2-10,19H,11-15H2,1H3/t19-/m1/s1. The predicted molar refractivity (Wildman–Crippen MR) is 98.0 cm³/mol. The zero-order valence-electron chi connectivity index (χ0n) is 13.6. The molecule has 2 aromatic rings. The van der Waals surface area contributed by atoms with Gasteiger partial charge in [0.05, 0.1) is 0 Å². The van der Waals surface area contributed by atoms with Crippen LogP contribution in [0.1, 0.15) is 29.0 Å². The normalized spacial score (nSPS) is 16.1. The fourth-order valence-electron chi connectivity index (χ4n) is 3.19. The van der Waals surface area contributed by atoms with Crippen LogP contribution in [0, 0.1) is 6.92 Å². The maximum absolute atomic E-state index is 12.8. The fourth-order valence-corrected chi connectivity index (χ4v) is 4.09. The van der Waals surface area contributed by atoms with Gasteiger partial charge < -0.3 is 4.90 Å². The first kappa shape index (κ1) is 16.1. The number of carbonyl (C=O) groups excluding carboxylic acids is 1. The van der Waals surface area contributed by atoms with Gasteiger partial charge in [0.15, 0.2) is 0 Å². The molecule has 1 atom stereocenters. The lowest BCUT2D eigenvalue weighted by atomic mass is 9.85. The third-order valence-electron chi connectivity index (χ3n) is 4.51.